The van der Waals surface area contributed by atoms with Crippen LogP contribution >= 0.6 is 0 Å². The molecule has 0 saturated carbocycles. The predicted octanol–water partition coefficient (Wildman–Crippen LogP) is 5.47. The monoisotopic (exact) mass is 397 g/mol. The Bertz CT molecular complexity index is 1240. The Hall–Kier alpha value is -3.79. The SMILES string of the molecule is O=CC1=Cc2ccccc2C1.O=Cc1cc2ccccc2n1Cc1ccc(F)cc1. The smallest absolute Gasteiger partial charge is 0.166 e. The Morgan fingerprint density at radius 1 is 0.867 bits per heavy atom. The fourth-order valence-corrected chi connectivity index (χ4v) is 3.66. The molecule has 0 bridgehead atoms. The van der Waals surface area contributed by atoms with Crippen molar-refractivity contribution in [3.8, 4) is 0 Å². The lowest BCUT2D eigenvalue weighted by molar-refractivity contribution is -0.104. The Labute approximate surface area is 174 Å². The summed E-state index contributed by atoms with van der Waals surface area (Å²) >= 11 is 0. The molecule has 4 aromatic rings. The third-order valence-electron chi connectivity index (χ3n) is 5.16. The van der Waals surface area contributed by atoms with Gasteiger partial charge < -0.3 is 4.57 Å². The Balaban J connectivity index is 0.000000168. The summed E-state index contributed by atoms with van der Waals surface area (Å²) in [6, 6.07) is 24.1. The van der Waals surface area contributed by atoms with Gasteiger partial charge in [0.05, 0.1) is 5.69 Å². The highest BCUT2D eigenvalue weighted by molar-refractivity contribution is 5.89. The van der Waals surface area contributed by atoms with E-state index in [4.69, 9.17) is 0 Å². The van der Waals surface area contributed by atoms with Crippen molar-refractivity contribution < 1.29 is 14.0 Å². The summed E-state index contributed by atoms with van der Waals surface area (Å²) in [4.78, 5) is 21.6. The van der Waals surface area contributed by atoms with Gasteiger partial charge in [-0.15, -0.1) is 0 Å². The third-order valence-corrected chi connectivity index (χ3v) is 5.16. The van der Waals surface area contributed by atoms with Gasteiger partial charge in [0.1, 0.15) is 12.1 Å². The lowest BCUT2D eigenvalue weighted by atomic mass is 10.1. The minimum absolute atomic E-state index is 0.253. The number of nitrogens with zero attached hydrogens (tertiary/aromatic N) is 1. The molecule has 0 unspecified atom stereocenters. The molecule has 1 heterocycles. The van der Waals surface area contributed by atoms with Crippen molar-refractivity contribution in [2.24, 2.45) is 0 Å². The summed E-state index contributed by atoms with van der Waals surface area (Å²) in [5.74, 6) is -0.253. The van der Waals surface area contributed by atoms with Gasteiger partial charge in [0, 0.05) is 23.9 Å². The van der Waals surface area contributed by atoms with Crippen LogP contribution in [-0.2, 0) is 17.8 Å². The van der Waals surface area contributed by atoms with Crippen LogP contribution in [0.25, 0.3) is 17.0 Å². The number of carbonyl (C=O) groups excluding carboxylic acids is 2. The zero-order valence-corrected chi connectivity index (χ0v) is 16.3. The van der Waals surface area contributed by atoms with Crippen molar-refractivity contribution in [2.75, 3.05) is 0 Å². The van der Waals surface area contributed by atoms with Crippen molar-refractivity contribution in [3.05, 3.63) is 113 Å². The van der Waals surface area contributed by atoms with Crippen LogP contribution in [0.2, 0.25) is 0 Å². The van der Waals surface area contributed by atoms with E-state index in [1.54, 1.807) is 12.1 Å². The second kappa shape index (κ2) is 8.70. The normalized spacial score (nSPS) is 12.0. The second-order valence-electron chi connectivity index (χ2n) is 7.17. The summed E-state index contributed by atoms with van der Waals surface area (Å²) in [7, 11) is 0. The van der Waals surface area contributed by atoms with Gasteiger partial charge in [-0.3, -0.25) is 9.59 Å². The maximum absolute atomic E-state index is 12.9. The highest BCUT2D eigenvalue weighted by Crippen LogP contribution is 2.23. The molecule has 30 heavy (non-hydrogen) atoms. The Morgan fingerprint density at radius 3 is 2.33 bits per heavy atom. The molecule has 3 aromatic carbocycles. The van der Waals surface area contributed by atoms with Crippen LogP contribution in [0.5, 0.6) is 0 Å². The highest BCUT2D eigenvalue weighted by atomic mass is 19.1. The first kappa shape index (κ1) is 19.5. The van der Waals surface area contributed by atoms with Crippen LogP contribution in [-0.4, -0.2) is 17.1 Å². The largest absolute Gasteiger partial charge is 0.334 e. The van der Waals surface area contributed by atoms with Gasteiger partial charge in [-0.05, 0) is 52.6 Å². The number of aldehydes is 2. The van der Waals surface area contributed by atoms with Gasteiger partial charge >= 0.3 is 0 Å². The van der Waals surface area contributed by atoms with Crippen LogP contribution in [0.3, 0.4) is 0 Å². The molecule has 0 spiro atoms. The molecule has 148 valence electrons. The maximum atomic E-state index is 12.9. The minimum atomic E-state index is -0.253. The number of carbonyl (C=O) groups is 2. The number of halogens is 1. The number of fused-ring (bicyclic) bond motifs is 2. The third kappa shape index (κ3) is 4.13. The average molecular weight is 397 g/mol. The van der Waals surface area contributed by atoms with Crippen molar-refractivity contribution in [1.82, 2.24) is 4.57 Å². The summed E-state index contributed by atoms with van der Waals surface area (Å²) < 4.78 is 14.8. The molecule has 0 saturated heterocycles. The second-order valence-corrected chi connectivity index (χ2v) is 7.17. The first-order valence-electron chi connectivity index (χ1n) is 9.69. The van der Waals surface area contributed by atoms with E-state index in [0.29, 0.717) is 12.2 Å². The molecule has 1 aromatic heterocycles. The average Bonchev–Trinajstić information content (AvgIpc) is 3.37. The summed E-state index contributed by atoms with van der Waals surface area (Å²) in [5.41, 5.74) is 5.93. The first-order chi connectivity index (χ1) is 14.7. The lowest BCUT2D eigenvalue weighted by Crippen LogP contribution is -2.03. The number of benzene rings is 3. The van der Waals surface area contributed by atoms with Gasteiger partial charge in [0.2, 0.25) is 0 Å². The van der Waals surface area contributed by atoms with Gasteiger partial charge in [-0.25, -0.2) is 4.39 Å². The van der Waals surface area contributed by atoms with Gasteiger partial charge in [-0.2, -0.15) is 0 Å². The van der Waals surface area contributed by atoms with Crippen molar-refractivity contribution in [1.29, 1.82) is 0 Å². The fourth-order valence-electron chi connectivity index (χ4n) is 3.66. The van der Waals surface area contributed by atoms with Crippen molar-refractivity contribution in [3.63, 3.8) is 0 Å². The van der Waals surface area contributed by atoms with Crippen molar-refractivity contribution >= 4 is 29.6 Å². The molecule has 0 aliphatic heterocycles. The van der Waals surface area contributed by atoms with Crippen LogP contribution in [0.4, 0.5) is 4.39 Å². The molecule has 0 fully saturated rings. The standard InChI is InChI=1S/C16H12FNO.C10H8O/c17-14-7-5-12(6-8-14)10-18-15(11-19)9-13-3-1-2-4-16(13)18;11-7-8-5-9-3-1-2-4-10(9)6-8/h1-9,11H,10H2;1-5,7H,6H2. The minimum Gasteiger partial charge on any atom is -0.334 e. The summed E-state index contributed by atoms with van der Waals surface area (Å²) in [6.07, 6.45) is 4.53. The number of hydrogen-bond acceptors (Lipinski definition) is 2. The topological polar surface area (TPSA) is 39.1 Å². The fraction of sp³-hybridized carbons (Fsp3) is 0.0769. The van der Waals surface area contributed by atoms with E-state index < -0.39 is 0 Å². The van der Waals surface area contributed by atoms with Crippen molar-refractivity contribution in [2.45, 2.75) is 13.0 Å². The number of hydrogen-bond donors (Lipinski definition) is 0. The summed E-state index contributed by atoms with van der Waals surface area (Å²) in [5, 5.41) is 1.03. The lowest BCUT2D eigenvalue weighted by Gasteiger charge is -2.07. The van der Waals surface area contributed by atoms with Gasteiger partial charge in [0.25, 0.3) is 0 Å². The zero-order chi connectivity index (χ0) is 20.9. The molecular weight excluding hydrogens is 377 g/mol. The van der Waals surface area contributed by atoms with Gasteiger partial charge in [-0.1, -0.05) is 54.6 Å². The highest BCUT2D eigenvalue weighted by Gasteiger charge is 2.10. The zero-order valence-electron chi connectivity index (χ0n) is 16.3. The maximum Gasteiger partial charge on any atom is 0.166 e. The number of aromatic nitrogens is 1. The number of rotatable bonds is 4. The Morgan fingerprint density at radius 2 is 1.60 bits per heavy atom. The molecule has 3 nitrogen and oxygen atoms in total. The van der Waals surface area contributed by atoms with E-state index in [9.17, 15) is 14.0 Å². The Kier molecular flexibility index (Phi) is 5.66. The van der Waals surface area contributed by atoms with E-state index in [2.05, 4.69) is 6.07 Å². The van der Waals surface area contributed by atoms with E-state index in [-0.39, 0.29) is 5.82 Å². The molecule has 0 N–H and O–H groups in total. The van der Waals surface area contributed by atoms with Gasteiger partial charge in [0.15, 0.2) is 6.29 Å². The number of para-hydroxylation sites is 1. The van der Waals surface area contributed by atoms with E-state index in [0.717, 1.165) is 41.0 Å². The molecule has 0 radical (unpaired) electrons. The molecule has 1 aliphatic carbocycles. The molecule has 1 aliphatic rings. The first-order valence-corrected chi connectivity index (χ1v) is 9.69. The van der Waals surface area contributed by atoms with Crippen LogP contribution < -0.4 is 0 Å². The molecule has 5 rings (SSSR count). The molecule has 0 atom stereocenters. The molecule has 4 heteroatoms. The predicted molar refractivity (Wildman–Crippen MR) is 117 cm³/mol. The molecule has 0 amide bonds. The molecular formula is C26H20FNO2. The summed E-state index contributed by atoms with van der Waals surface area (Å²) in [6.45, 7) is 0.557. The van der Waals surface area contributed by atoms with E-state index >= 15 is 0 Å². The van der Waals surface area contributed by atoms with Crippen LogP contribution in [0.15, 0.2) is 84.4 Å². The van der Waals surface area contributed by atoms with Crippen LogP contribution in [0, 0.1) is 5.82 Å². The quantitative estimate of drug-likeness (QED) is 0.429. The van der Waals surface area contributed by atoms with E-state index in [1.807, 2.05) is 59.2 Å². The van der Waals surface area contributed by atoms with E-state index in [1.165, 1.54) is 23.3 Å². The van der Waals surface area contributed by atoms with Crippen LogP contribution in [0.1, 0.15) is 27.2 Å². The number of allylic oxidation sites excluding steroid dienone is 1.